The summed E-state index contributed by atoms with van der Waals surface area (Å²) in [5, 5.41) is 2.99. The lowest BCUT2D eigenvalue weighted by atomic mass is 10.2. The van der Waals surface area contributed by atoms with Crippen LogP contribution in [-0.4, -0.2) is 30.0 Å². The van der Waals surface area contributed by atoms with E-state index in [2.05, 4.69) is 62.3 Å². The molecule has 1 unspecified atom stereocenters. The summed E-state index contributed by atoms with van der Waals surface area (Å²) in [5.41, 5.74) is 3.24. The van der Waals surface area contributed by atoms with Gasteiger partial charge in [0.05, 0.1) is 5.56 Å². The van der Waals surface area contributed by atoms with Crippen molar-refractivity contribution in [3.63, 3.8) is 0 Å². The average Bonchev–Trinajstić information content (AvgIpc) is 2.96. The fraction of sp³-hybridized carbons (Fsp3) is 0.294. The van der Waals surface area contributed by atoms with E-state index in [1.807, 2.05) is 0 Å². The van der Waals surface area contributed by atoms with Crippen molar-refractivity contribution in [2.75, 3.05) is 18.0 Å². The van der Waals surface area contributed by atoms with Crippen molar-refractivity contribution in [2.24, 2.45) is 0 Å². The van der Waals surface area contributed by atoms with Gasteiger partial charge in [-0.1, -0.05) is 18.2 Å². The second-order valence-electron chi connectivity index (χ2n) is 5.52. The summed E-state index contributed by atoms with van der Waals surface area (Å²) in [6.45, 7) is 3.76. The van der Waals surface area contributed by atoms with E-state index in [1.165, 1.54) is 11.3 Å². The number of benzene rings is 1. The Bertz CT molecular complexity index is 689. The molecule has 0 radical (unpaired) electrons. The summed E-state index contributed by atoms with van der Waals surface area (Å²) < 4.78 is 0.807. The van der Waals surface area contributed by atoms with E-state index >= 15 is 0 Å². The molecule has 0 bridgehead atoms. The molecule has 0 saturated heterocycles. The Balaban J connectivity index is 1.61. The van der Waals surface area contributed by atoms with E-state index in [1.54, 1.807) is 18.5 Å². The van der Waals surface area contributed by atoms with Gasteiger partial charge < -0.3 is 10.2 Å². The van der Waals surface area contributed by atoms with Gasteiger partial charge in [-0.25, -0.2) is 0 Å². The molecular formula is C17H18BrN3O. The van der Waals surface area contributed by atoms with Crippen LogP contribution in [0.1, 0.15) is 22.8 Å². The van der Waals surface area contributed by atoms with Gasteiger partial charge in [-0.05, 0) is 47.0 Å². The van der Waals surface area contributed by atoms with Gasteiger partial charge in [0.2, 0.25) is 0 Å². The number of para-hydroxylation sites is 1. The number of rotatable bonds is 4. The molecule has 1 aromatic heterocycles. The molecule has 1 N–H and O–H groups in total. The van der Waals surface area contributed by atoms with Crippen LogP contribution in [0, 0.1) is 0 Å². The molecule has 0 spiro atoms. The van der Waals surface area contributed by atoms with Gasteiger partial charge in [-0.2, -0.15) is 0 Å². The van der Waals surface area contributed by atoms with Gasteiger partial charge in [-0.3, -0.25) is 9.78 Å². The van der Waals surface area contributed by atoms with Crippen LogP contribution >= 0.6 is 15.9 Å². The van der Waals surface area contributed by atoms with E-state index in [-0.39, 0.29) is 11.9 Å². The largest absolute Gasteiger partial charge is 0.366 e. The molecule has 0 saturated carbocycles. The quantitative estimate of drug-likeness (QED) is 0.912. The number of halogens is 1. The monoisotopic (exact) mass is 359 g/mol. The van der Waals surface area contributed by atoms with Crippen LogP contribution in [0.5, 0.6) is 0 Å². The highest BCUT2D eigenvalue weighted by atomic mass is 79.9. The molecule has 0 aliphatic carbocycles. The Morgan fingerprint density at radius 2 is 2.23 bits per heavy atom. The van der Waals surface area contributed by atoms with Crippen molar-refractivity contribution in [2.45, 2.75) is 19.4 Å². The number of fused-ring (bicyclic) bond motifs is 1. The maximum Gasteiger partial charge on any atom is 0.252 e. The number of pyridine rings is 1. The van der Waals surface area contributed by atoms with Crippen LogP contribution in [0.25, 0.3) is 0 Å². The van der Waals surface area contributed by atoms with Crippen LogP contribution in [0.4, 0.5) is 5.69 Å². The topological polar surface area (TPSA) is 45.2 Å². The minimum atomic E-state index is -0.0897. The first kappa shape index (κ1) is 15.0. The Morgan fingerprint density at radius 3 is 3.05 bits per heavy atom. The fourth-order valence-electron chi connectivity index (χ4n) is 2.81. The molecule has 114 valence electrons. The molecule has 1 amide bonds. The van der Waals surface area contributed by atoms with Gasteiger partial charge in [0.15, 0.2) is 0 Å². The molecule has 22 heavy (non-hydrogen) atoms. The van der Waals surface area contributed by atoms with Crippen LogP contribution < -0.4 is 10.2 Å². The lowest BCUT2D eigenvalue weighted by Crippen LogP contribution is -2.41. The van der Waals surface area contributed by atoms with Crippen LogP contribution in [0.3, 0.4) is 0 Å². The molecule has 5 heteroatoms. The lowest BCUT2D eigenvalue weighted by molar-refractivity contribution is 0.0951. The molecule has 3 rings (SSSR count). The van der Waals surface area contributed by atoms with Crippen molar-refractivity contribution in [3.05, 3.63) is 58.3 Å². The summed E-state index contributed by atoms with van der Waals surface area (Å²) >= 11 is 3.33. The molecular weight excluding hydrogens is 342 g/mol. The predicted molar refractivity (Wildman–Crippen MR) is 91.2 cm³/mol. The van der Waals surface area contributed by atoms with Gasteiger partial charge in [0, 0.05) is 41.7 Å². The molecule has 0 fully saturated rings. The normalized spacial score (nSPS) is 14.5. The predicted octanol–water partition coefficient (Wildman–Crippen LogP) is 3.03. The number of carbonyl (C=O) groups excluding carboxylic acids is 1. The molecule has 2 aromatic rings. The SMILES string of the molecule is CC(CNC(=O)c1cncc(Br)c1)N1CCc2ccccc21. The zero-order chi connectivity index (χ0) is 15.5. The van der Waals surface area contributed by atoms with Crippen LogP contribution in [0.2, 0.25) is 0 Å². The number of hydrogen-bond donors (Lipinski definition) is 1. The van der Waals surface area contributed by atoms with Crippen LogP contribution in [-0.2, 0) is 6.42 Å². The summed E-state index contributed by atoms with van der Waals surface area (Å²) in [4.78, 5) is 18.5. The standard InChI is InChI=1S/C17H18BrN3O/c1-12(21-7-6-13-4-2-3-5-16(13)21)9-20-17(22)14-8-15(18)11-19-10-14/h2-5,8,10-12H,6-7,9H2,1H3,(H,20,22). The third-order valence-corrected chi connectivity index (χ3v) is 4.41. The smallest absolute Gasteiger partial charge is 0.252 e. The summed E-state index contributed by atoms with van der Waals surface area (Å²) in [6, 6.07) is 10.5. The zero-order valence-electron chi connectivity index (χ0n) is 12.4. The van der Waals surface area contributed by atoms with Gasteiger partial charge in [0.25, 0.3) is 5.91 Å². The Kier molecular flexibility index (Phi) is 4.43. The first-order valence-corrected chi connectivity index (χ1v) is 8.18. The molecule has 4 nitrogen and oxygen atoms in total. The maximum atomic E-state index is 12.2. The van der Waals surface area contributed by atoms with E-state index in [0.29, 0.717) is 12.1 Å². The number of anilines is 1. The Morgan fingerprint density at radius 1 is 1.41 bits per heavy atom. The van der Waals surface area contributed by atoms with E-state index in [9.17, 15) is 4.79 Å². The van der Waals surface area contributed by atoms with Crippen molar-refractivity contribution in [3.8, 4) is 0 Å². The number of carbonyl (C=O) groups is 1. The highest BCUT2D eigenvalue weighted by molar-refractivity contribution is 9.10. The number of nitrogens with one attached hydrogen (secondary N) is 1. The van der Waals surface area contributed by atoms with Gasteiger partial charge in [-0.15, -0.1) is 0 Å². The highest BCUT2D eigenvalue weighted by Gasteiger charge is 2.23. The third kappa shape index (κ3) is 3.14. The Hall–Kier alpha value is -1.88. The zero-order valence-corrected chi connectivity index (χ0v) is 14.0. The van der Waals surface area contributed by atoms with Crippen molar-refractivity contribution >= 4 is 27.5 Å². The second kappa shape index (κ2) is 6.48. The van der Waals surface area contributed by atoms with Crippen LogP contribution in [0.15, 0.2) is 47.2 Å². The van der Waals surface area contributed by atoms with Gasteiger partial charge >= 0.3 is 0 Å². The molecule has 1 atom stereocenters. The summed E-state index contributed by atoms with van der Waals surface area (Å²) in [6.07, 6.45) is 4.32. The highest BCUT2D eigenvalue weighted by Crippen LogP contribution is 2.28. The first-order chi connectivity index (χ1) is 10.6. The van der Waals surface area contributed by atoms with Crippen molar-refractivity contribution in [1.29, 1.82) is 0 Å². The third-order valence-electron chi connectivity index (χ3n) is 3.98. The fourth-order valence-corrected chi connectivity index (χ4v) is 3.18. The van der Waals surface area contributed by atoms with E-state index < -0.39 is 0 Å². The molecule has 1 aliphatic heterocycles. The summed E-state index contributed by atoms with van der Waals surface area (Å²) in [5.74, 6) is -0.0897. The lowest BCUT2D eigenvalue weighted by Gasteiger charge is -2.27. The summed E-state index contributed by atoms with van der Waals surface area (Å²) in [7, 11) is 0. The van der Waals surface area contributed by atoms with Crippen molar-refractivity contribution in [1.82, 2.24) is 10.3 Å². The number of amides is 1. The minimum Gasteiger partial charge on any atom is -0.366 e. The van der Waals surface area contributed by atoms with E-state index in [4.69, 9.17) is 0 Å². The number of hydrogen-bond acceptors (Lipinski definition) is 3. The van der Waals surface area contributed by atoms with Crippen molar-refractivity contribution < 1.29 is 4.79 Å². The molecule has 2 heterocycles. The Labute approximate surface area is 138 Å². The second-order valence-corrected chi connectivity index (χ2v) is 6.44. The van der Waals surface area contributed by atoms with Gasteiger partial charge in [0.1, 0.15) is 0 Å². The number of nitrogens with zero attached hydrogens (tertiary/aromatic N) is 2. The first-order valence-electron chi connectivity index (χ1n) is 7.38. The minimum absolute atomic E-state index is 0.0897. The number of aromatic nitrogens is 1. The molecule has 1 aliphatic rings. The molecule has 1 aromatic carbocycles. The maximum absolute atomic E-state index is 12.2. The average molecular weight is 360 g/mol. The van der Waals surface area contributed by atoms with E-state index in [0.717, 1.165) is 17.4 Å².